The normalized spacial score (nSPS) is 13.1. The lowest BCUT2D eigenvalue weighted by Gasteiger charge is -2.23. The van der Waals surface area contributed by atoms with Crippen molar-refractivity contribution in [2.45, 2.75) is 25.2 Å². The number of nitrogens with zero attached hydrogens (tertiary/aromatic N) is 2. The lowest BCUT2D eigenvalue weighted by Crippen LogP contribution is -2.36. The fourth-order valence-corrected chi connectivity index (χ4v) is 3.63. The van der Waals surface area contributed by atoms with Crippen LogP contribution in [0.4, 0.5) is 0 Å². The van der Waals surface area contributed by atoms with E-state index in [1.54, 1.807) is 24.3 Å². The maximum Gasteiger partial charge on any atom is 0.243 e. The van der Waals surface area contributed by atoms with Crippen LogP contribution >= 0.6 is 15.9 Å². The quantitative estimate of drug-likeness (QED) is 0.329. The molecule has 118 valence electrons. The minimum absolute atomic E-state index is 0.00904. The Morgan fingerprint density at radius 2 is 1.95 bits per heavy atom. The standard InChI is InChI=1S/C13H20BrN3O3S/c1-10(2)9-17(8-7-13(15)16-18)21(19,20)12-5-3-11(14)4-6-12/h3-6,10,18H,7-9H2,1-2H3,(H2,15,16). The van der Waals surface area contributed by atoms with Crippen LogP contribution in [0.3, 0.4) is 0 Å². The summed E-state index contributed by atoms with van der Waals surface area (Å²) in [5, 5.41) is 11.4. The number of sulfonamides is 1. The summed E-state index contributed by atoms with van der Waals surface area (Å²) in [4.78, 5) is 0.228. The van der Waals surface area contributed by atoms with Gasteiger partial charge in [-0.3, -0.25) is 0 Å². The highest BCUT2D eigenvalue weighted by Crippen LogP contribution is 2.20. The number of oxime groups is 1. The van der Waals surface area contributed by atoms with Crippen molar-refractivity contribution in [3.63, 3.8) is 0 Å². The molecule has 1 rings (SSSR count). The average Bonchev–Trinajstić information content (AvgIpc) is 2.43. The van der Waals surface area contributed by atoms with Crippen molar-refractivity contribution in [1.82, 2.24) is 4.31 Å². The molecule has 0 saturated carbocycles. The number of benzene rings is 1. The first-order valence-corrected chi connectivity index (χ1v) is 8.72. The maximum atomic E-state index is 12.6. The van der Waals surface area contributed by atoms with E-state index in [0.29, 0.717) is 6.54 Å². The van der Waals surface area contributed by atoms with Gasteiger partial charge in [0.15, 0.2) is 0 Å². The molecular weight excluding hydrogens is 358 g/mol. The number of nitrogens with two attached hydrogens (primary N) is 1. The van der Waals surface area contributed by atoms with Crippen LogP contribution in [0.15, 0.2) is 38.8 Å². The van der Waals surface area contributed by atoms with Crippen molar-refractivity contribution < 1.29 is 13.6 Å². The third-order valence-electron chi connectivity index (χ3n) is 2.77. The molecule has 1 aromatic carbocycles. The van der Waals surface area contributed by atoms with Crippen LogP contribution in [0.1, 0.15) is 20.3 Å². The van der Waals surface area contributed by atoms with Gasteiger partial charge >= 0.3 is 0 Å². The van der Waals surface area contributed by atoms with Gasteiger partial charge in [-0.05, 0) is 30.2 Å². The fraction of sp³-hybridized carbons (Fsp3) is 0.462. The second kappa shape index (κ2) is 7.77. The Bertz CT molecular complexity index is 585. The Balaban J connectivity index is 3.02. The van der Waals surface area contributed by atoms with E-state index in [9.17, 15) is 8.42 Å². The predicted octanol–water partition coefficient (Wildman–Crippen LogP) is 2.23. The lowest BCUT2D eigenvalue weighted by atomic mass is 10.2. The van der Waals surface area contributed by atoms with E-state index in [0.717, 1.165) is 4.47 Å². The summed E-state index contributed by atoms with van der Waals surface area (Å²) in [6, 6.07) is 6.47. The Morgan fingerprint density at radius 1 is 1.38 bits per heavy atom. The van der Waals surface area contributed by atoms with Crippen LogP contribution in [-0.2, 0) is 10.0 Å². The van der Waals surface area contributed by atoms with Crippen LogP contribution in [0, 0.1) is 5.92 Å². The van der Waals surface area contributed by atoms with E-state index >= 15 is 0 Å². The molecule has 0 atom stereocenters. The zero-order chi connectivity index (χ0) is 16.0. The third kappa shape index (κ3) is 5.29. The molecule has 0 unspecified atom stereocenters. The summed E-state index contributed by atoms with van der Waals surface area (Å²) < 4.78 is 27.5. The van der Waals surface area contributed by atoms with Gasteiger partial charge in [0.25, 0.3) is 0 Å². The Morgan fingerprint density at radius 3 is 2.43 bits per heavy atom. The van der Waals surface area contributed by atoms with Gasteiger partial charge in [0.05, 0.1) is 4.90 Å². The topological polar surface area (TPSA) is 96.0 Å². The second-order valence-corrected chi connectivity index (χ2v) is 7.91. The van der Waals surface area contributed by atoms with Crippen LogP contribution < -0.4 is 5.73 Å². The third-order valence-corrected chi connectivity index (χ3v) is 5.17. The highest BCUT2D eigenvalue weighted by Gasteiger charge is 2.25. The average molecular weight is 378 g/mol. The molecule has 0 aliphatic rings. The minimum atomic E-state index is -3.60. The first kappa shape index (κ1) is 17.9. The molecule has 0 aliphatic carbocycles. The van der Waals surface area contributed by atoms with Gasteiger partial charge in [0, 0.05) is 24.0 Å². The van der Waals surface area contributed by atoms with Gasteiger partial charge in [0.1, 0.15) is 5.84 Å². The first-order valence-electron chi connectivity index (χ1n) is 6.49. The molecule has 0 aliphatic heterocycles. The second-order valence-electron chi connectivity index (χ2n) is 5.05. The molecule has 21 heavy (non-hydrogen) atoms. The SMILES string of the molecule is CC(C)CN(CCC(N)=NO)S(=O)(=O)c1ccc(Br)cc1. The smallest absolute Gasteiger partial charge is 0.243 e. The number of rotatable bonds is 7. The number of hydrogen-bond acceptors (Lipinski definition) is 4. The summed E-state index contributed by atoms with van der Waals surface area (Å²) in [7, 11) is -3.60. The number of amidine groups is 1. The number of hydrogen-bond donors (Lipinski definition) is 2. The van der Waals surface area contributed by atoms with E-state index in [4.69, 9.17) is 10.9 Å². The van der Waals surface area contributed by atoms with Gasteiger partial charge in [-0.2, -0.15) is 4.31 Å². The van der Waals surface area contributed by atoms with E-state index in [2.05, 4.69) is 21.1 Å². The highest BCUT2D eigenvalue weighted by molar-refractivity contribution is 9.10. The molecular formula is C13H20BrN3O3S. The summed E-state index contributed by atoms with van der Waals surface area (Å²) in [5.74, 6) is 0.178. The van der Waals surface area contributed by atoms with Crippen molar-refractivity contribution in [1.29, 1.82) is 0 Å². The minimum Gasteiger partial charge on any atom is -0.409 e. The molecule has 8 heteroatoms. The van der Waals surface area contributed by atoms with Gasteiger partial charge in [0.2, 0.25) is 10.0 Å². The molecule has 0 saturated heterocycles. The molecule has 0 heterocycles. The van der Waals surface area contributed by atoms with Gasteiger partial charge in [-0.25, -0.2) is 8.42 Å². The molecule has 1 aromatic rings. The maximum absolute atomic E-state index is 12.6. The molecule has 3 N–H and O–H groups in total. The van der Waals surface area contributed by atoms with E-state index < -0.39 is 10.0 Å². The molecule has 0 bridgehead atoms. The zero-order valence-corrected chi connectivity index (χ0v) is 14.4. The van der Waals surface area contributed by atoms with Crippen molar-refractivity contribution in [3.8, 4) is 0 Å². The summed E-state index contributed by atoms with van der Waals surface area (Å²) in [6.07, 6.45) is 0.180. The lowest BCUT2D eigenvalue weighted by molar-refractivity contribution is 0.314. The predicted molar refractivity (Wildman–Crippen MR) is 85.8 cm³/mol. The first-order chi connectivity index (χ1) is 9.77. The number of halogens is 1. The van der Waals surface area contributed by atoms with E-state index in [1.165, 1.54) is 4.31 Å². The van der Waals surface area contributed by atoms with E-state index in [-0.39, 0.29) is 29.6 Å². The van der Waals surface area contributed by atoms with Gasteiger partial charge in [-0.15, -0.1) is 0 Å². The largest absolute Gasteiger partial charge is 0.409 e. The van der Waals surface area contributed by atoms with Crippen molar-refractivity contribution in [2.24, 2.45) is 16.8 Å². The molecule has 0 spiro atoms. The van der Waals surface area contributed by atoms with Crippen LogP contribution in [0.25, 0.3) is 0 Å². The van der Waals surface area contributed by atoms with E-state index in [1.807, 2.05) is 13.8 Å². The Kier molecular flexibility index (Phi) is 6.63. The molecule has 6 nitrogen and oxygen atoms in total. The van der Waals surface area contributed by atoms with Crippen LogP contribution in [0.2, 0.25) is 0 Å². The monoisotopic (exact) mass is 377 g/mol. The van der Waals surface area contributed by atoms with Crippen LogP contribution in [-0.4, -0.2) is 36.9 Å². The summed E-state index contributed by atoms with van der Waals surface area (Å²) in [6.45, 7) is 4.42. The summed E-state index contributed by atoms with van der Waals surface area (Å²) in [5.41, 5.74) is 5.43. The molecule has 0 aromatic heterocycles. The van der Waals surface area contributed by atoms with Gasteiger partial charge in [-0.1, -0.05) is 34.9 Å². The summed E-state index contributed by atoms with van der Waals surface area (Å²) >= 11 is 3.28. The molecule has 0 fully saturated rings. The molecule has 0 radical (unpaired) electrons. The fourth-order valence-electron chi connectivity index (χ4n) is 1.76. The Labute approximate surface area is 133 Å². The Hall–Kier alpha value is -1.12. The van der Waals surface area contributed by atoms with Crippen molar-refractivity contribution in [2.75, 3.05) is 13.1 Å². The van der Waals surface area contributed by atoms with Crippen molar-refractivity contribution >= 4 is 31.8 Å². The van der Waals surface area contributed by atoms with Crippen molar-refractivity contribution in [3.05, 3.63) is 28.7 Å². The molecule has 0 amide bonds. The van der Waals surface area contributed by atoms with Gasteiger partial charge < -0.3 is 10.9 Å². The zero-order valence-electron chi connectivity index (χ0n) is 12.0. The highest BCUT2D eigenvalue weighted by atomic mass is 79.9. The van der Waals surface area contributed by atoms with Crippen LogP contribution in [0.5, 0.6) is 0 Å².